The summed E-state index contributed by atoms with van der Waals surface area (Å²) in [5, 5.41) is 17.4. The third-order valence-electron chi connectivity index (χ3n) is 7.34. The fourth-order valence-electron chi connectivity index (χ4n) is 5.33. The van der Waals surface area contributed by atoms with Gasteiger partial charge in [0, 0.05) is 61.2 Å². The molecule has 1 aliphatic rings. The van der Waals surface area contributed by atoms with Crippen LogP contribution in [0.5, 0.6) is 5.75 Å². The van der Waals surface area contributed by atoms with Crippen molar-refractivity contribution in [2.75, 3.05) is 26.7 Å². The van der Waals surface area contributed by atoms with Gasteiger partial charge in [-0.05, 0) is 43.0 Å². The van der Waals surface area contributed by atoms with Gasteiger partial charge in [-0.1, -0.05) is 32.1 Å². The monoisotopic (exact) mass is 583 g/mol. The van der Waals surface area contributed by atoms with Crippen LogP contribution >= 0.6 is 11.3 Å². The molecule has 1 heterocycles. The van der Waals surface area contributed by atoms with Gasteiger partial charge in [0.05, 0.1) is 23.6 Å². The predicted molar refractivity (Wildman–Crippen MR) is 159 cm³/mol. The van der Waals surface area contributed by atoms with Crippen molar-refractivity contribution in [2.24, 2.45) is 22.8 Å². The van der Waals surface area contributed by atoms with Crippen LogP contribution in [-0.4, -0.2) is 65.6 Å². The fourth-order valence-corrected chi connectivity index (χ4v) is 6.01. The van der Waals surface area contributed by atoms with Crippen molar-refractivity contribution < 1.29 is 24.2 Å². The van der Waals surface area contributed by atoms with Gasteiger partial charge in [-0.25, -0.2) is 4.98 Å². The number of aliphatic hydroxyl groups is 1. The summed E-state index contributed by atoms with van der Waals surface area (Å²) in [6.07, 6.45) is 5.12. The molecule has 1 aliphatic carbocycles. The molecule has 11 heteroatoms. The maximum atomic E-state index is 13.7. The van der Waals surface area contributed by atoms with Gasteiger partial charge in [0.2, 0.25) is 17.7 Å². The topological polar surface area (TPSA) is 161 Å². The van der Waals surface area contributed by atoms with E-state index >= 15 is 0 Å². The number of hydrogen-bond donors (Lipinski definition) is 4. The normalized spacial score (nSPS) is 18.1. The first-order valence-corrected chi connectivity index (χ1v) is 14.8. The number of thiazole rings is 1. The Bertz CT molecular complexity index is 1260. The summed E-state index contributed by atoms with van der Waals surface area (Å²) in [7, 11) is 1.60. The Labute approximate surface area is 245 Å². The highest BCUT2D eigenvalue weighted by Crippen LogP contribution is 2.44. The van der Waals surface area contributed by atoms with Crippen LogP contribution in [0.1, 0.15) is 43.7 Å². The van der Waals surface area contributed by atoms with Gasteiger partial charge in [-0.15, -0.1) is 11.3 Å². The zero-order chi connectivity index (χ0) is 30.0. The zero-order valence-electron chi connectivity index (χ0n) is 24.0. The Morgan fingerprint density at radius 1 is 1.22 bits per heavy atom. The molecule has 1 aromatic heterocycles. The Hall–Kier alpha value is -3.54. The number of nitrogens with one attached hydrogen (secondary N) is 1. The Morgan fingerprint density at radius 3 is 2.54 bits per heavy atom. The molecule has 0 aliphatic heterocycles. The van der Waals surface area contributed by atoms with E-state index < -0.39 is 29.3 Å². The molecule has 0 fully saturated rings. The van der Waals surface area contributed by atoms with Crippen molar-refractivity contribution in [2.45, 2.75) is 52.2 Å². The first-order chi connectivity index (χ1) is 19.6. The van der Waals surface area contributed by atoms with Crippen LogP contribution in [0.25, 0.3) is 0 Å². The molecule has 0 radical (unpaired) electrons. The lowest BCUT2D eigenvalue weighted by Gasteiger charge is -2.41. The van der Waals surface area contributed by atoms with Gasteiger partial charge in [-0.2, -0.15) is 0 Å². The SMILES string of the molecule is CCCN(CCC)C(=O)C1=CC(C(N)=O)=CC(C(N)=O)([C@H](Cc2nccs2)[C@@H](O)CNCc2cccc(OC)c2)C1. The summed E-state index contributed by atoms with van der Waals surface area (Å²) >= 11 is 1.39. The minimum atomic E-state index is -1.56. The lowest BCUT2D eigenvalue weighted by molar-refractivity contribution is -0.132. The standard InChI is InChI=1S/C30H41N5O5S/c1-4-10-35(11-5-2)28(38)22-14-21(27(31)37)16-30(17-22,29(32)39)24(15-26-34-9-12-41-26)25(36)19-33-18-20-7-6-8-23(13-20)40-3/h6-9,12-14,16,24-25,33,36H,4-5,10-11,15,17-19H2,1-3H3,(H2,31,37)(H2,32,39)/t24-,25+,30?/m1/s1. The van der Waals surface area contributed by atoms with E-state index in [1.54, 1.807) is 18.2 Å². The smallest absolute Gasteiger partial charge is 0.249 e. The number of rotatable bonds is 16. The van der Waals surface area contributed by atoms with E-state index in [9.17, 15) is 19.5 Å². The van der Waals surface area contributed by atoms with Gasteiger partial charge in [0.15, 0.2) is 0 Å². The van der Waals surface area contributed by atoms with E-state index in [1.807, 2.05) is 43.5 Å². The number of primary amides is 2. The third kappa shape index (κ3) is 8.02. The highest BCUT2D eigenvalue weighted by Gasteiger charge is 2.49. The molecule has 0 saturated heterocycles. The van der Waals surface area contributed by atoms with Crippen LogP contribution in [0.15, 0.2) is 59.1 Å². The first-order valence-electron chi connectivity index (χ1n) is 13.9. The second kappa shape index (κ2) is 14.9. The number of benzene rings is 1. The molecule has 0 saturated carbocycles. The molecule has 0 bridgehead atoms. The molecule has 1 aromatic carbocycles. The van der Waals surface area contributed by atoms with Crippen LogP contribution < -0.4 is 21.5 Å². The van der Waals surface area contributed by atoms with Gasteiger partial charge in [0.1, 0.15) is 5.75 Å². The maximum Gasteiger partial charge on any atom is 0.249 e. The van der Waals surface area contributed by atoms with Crippen molar-refractivity contribution in [1.82, 2.24) is 15.2 Å². The summed E-state index contributed by atoms with van der Waals surface area (Å²) in [6.45, 7) is 5.58. The molecule has 3 rings (SSSR count). The number of nitrogens with zero attached hydrogens (tertiary/aromatic N) is 2. The van der Waals surface area contributed by atoms with Crippen LogP contribution in [-0.2, 0) is 27.3 Å². The molecule has 2 aromatic rings. The van der Waals surface area contributed by atoms with Crippen molar-refractivity contribution in [1.29, 1.82) is 0 Å². The van der Waals surface area contributed by atoms with Crippen molar-refractivity contribution in [3.63, 3.8) is 0 Å². The molecule has 3 amide bonds. The third-order valence-corrected chi connectivity index (χ3v) is 8.14. The number of hydrogen-bond acceptors (Lipinski definition) is 8. The molecular formula is C30H41N5O5S. The Kier molecular flexibility index (Phi) is 11.6. The molecule has 222 valence electrons. The zero-order valence-corrected chi connectivity index (χ0v) is 24.8. The first kappa shape index (κ1) is 32.0. The van der Waals surface area contributed by atoms with Crippen LogP contribution in [0.3, 0.4) is 0 Å². The van der Waals surface area contributed by atoms with Crippen LogP contribution in [0.4, 0.5) is 0 Å². The average Bonchev–Trinajstić information content (AvgIpc) is 3.48. The number of aliphatic hydroxyl groups excluding tert-OH is 1. The predicted octanol–water partition coefficient (Wildman–Crippen LogP) is 2.32. The van der Waals surface area contributed by atoms with E-state index in [1.165, 1.54) is 23.5 Å². The summed E-state index contributed by atoms with van der Waals surface area (Å²) in [4.78, 5) is 45.6. The summed E-state index contributed by atoms with van der Waals surface area (Å²) < 4.78 is 5.29. The van der Waals surface area contributed by atoms with Crippen molar-refractivity contribution in [3.8, 4) is 5.75 Å². The highest BCUT2D eigenvalue weighted by molar-refractivity contribution is 7.09. The molecule has 41 heavy (non-hydrogen) atoms. The van der Waals surface area contributed by atoms with E-state index in [0.29, 0.717) is 24.6 Å². The maximum absolute atomic E-state index is 13.7. The Balaban J connectivity index is 1.98. The quantitative estimate of drug-likeness (QED) is 0.236. The lowest BCUT2D eigenvalue weighted by atomic mass is 9.64. The molecule has 0 spiro atoms. The molecule has 1 unspecified atom stereocenters. The van der Waals surface area contributed by atoms with Gasteiger partial charge >= 0.3 is 0 Å². The van der Waals surface area contributed by atoms with Gasteiger partial charge in [-0.3, -0.25) is 14.4 Å². The van der Waals surface area contributed by atoms with Crippen molar-refractivity contribution >= 4 is 29.1 Å². The molecule has 6 N–H and O–H groups in total. The van der Waals surface area contributed by atoms with Crippen LogP contribution in [0, 0.1) is 11.3 Å². The van der Waals surface area contributed by atoms with E-state index in [4.69, 9.17) is 16.2 Å². The largest absolute Gasteiger partial charge is 0.497 e. The van der Waals surface area contributed by atoms with Gasteiger partial charge in [0.25, 0.3) is 0 Å². The number of amides is 3. The molecule has 10 nitrogen and oxygen atoms in total. The molecule has 3 atom stereocenters. The second-order valence-corrected chi connectivity index (χ2v) is 11.3. The minimum absolute atomic E-state index is 0.0204. The van der Waals surface area contributed by atoms with E-state index in [2.05, 4.69) is 10.3 Å². The van der Waals surface area contributed by atoms with Crippen molar-refractivity contribution in [3.05, 3.63) is 69.7 Å². The lowest BCUT2D eigenvalue weighted by Crippen LogP contribution is -2.52. The number of aromatic nitrogens is 1. The highest BCUT2D eigenvalue weighted by atomic mass is 32.1. The van der Waals surface area contributed by atoms with E-state index in [-0.39, 0.29) is 36.4 Å². The Morgan fingerprint density at radius 2 is 1.95 bits per heavy atom. The van der Waals surface area contributed by atoms with Crippen LogP contribution in [0.2, 0.25) is 0 Å². The number of nitrogens with two attached hydrogens (primary N) is 2. The van der Waals surface area contributed by atoms with E-state index in [0.717, 1.165) is 24.2 Å². The second-order valence-electron chi connectivity index (χ2n) is 10.3. The number of carbonyl (C=O) groups excluding carboxylic acids is 3. The van der Waals surface area contributed by atoms with Gasteiger partial charge < -0.3 is 31.5 Å². The summed E-state index contributed by atoms with van der Waals surface area (Å²) in [6, 6.07) is 7.55. The average molecular weight is 584 g/mol. The number of ether oxygens (including phenoxy) is 1. The minimum Gasteiger partial charge on any atom is -0.497 e. The summed E-state index contributed by atoms with van der Waals surface area (Å²) in [5.41, 5.74) is 11.5. The summed E-state index contributed by atoms with van der Waals surface area (Å²) in [5.74, 6) is -1.89. The number of methoxy groups -OCH3 is 1. The molecular weight excluding hydrogens is 542 g/mol. The number of carbonyl (C=O) groups is 3. The fraction of sp³-hybridized carbons (Fsp3) is 0.467.